The van der Waals surface area contributed by atoms with E-state index in [0.717, 1.165) is 12.8 Å². The summed E-state index contributed by atoms with van der Waals surface area (Å²) in [7, 11) is 0. The number of halogens is 1. The lowest BCUT2D eigenvalue weighted by molar-refractivity contribution is 0.293. The van der Waals surface area contributed by atoms with Gasteiger partial charge in [-0.3, -0.25) is 0 Å². The summed E-state index contributed by atoms with van der Waals surface area (Å²) in [5.41, 5.74) is -0.801. The van der Waals surface area contributed by atoms with Crippen LogP contribution >= 0.6 is 0 Å². The highest BCUT2D eigenvalue weighted by Crippen LogP contribution is 2.50. The van der Waals surface area contributed by atoms with Crippen molar-refractivity contribution in [2.24, 2.45) is 11.8 Å². The lowest BCUT2D eigenvalue weighted by atomic mass is 10.1. The van der Waals surface area contributed by atoms with Crippen LogP contribution in [0.4, 0.5) is 4.39 Å². The third-order valence-electron chi connectivity index (χ3n) is 2.09. The van der Waals surface area contributed by atoms with E-state index in [-0.39, 0.29) is 0 Å². The van der Waals surface area contributed by atoms with Gasteiger partial charge in [-0.05, 0) is 31.6 Å². The van der Waals surface area contributed by atoms with Gasteiger partial charge in [0.15, 0.2) is 0 Å². The largest absolute Gasteiger partial charge is 0.244 e. The van der Waals surface area contributed by atoms with Gasteiger partial charge < -0.3 is 0 Å². The maximum Gasteiger partial charge on any atom is 0.111 e. The first-order valence-electron chi connectivity index (χ1n) is 3.71. The van der Waals surface area contributed by atoms with Gasteiger partial charge in [-0.25, -0.2) is 4.39 Å². The summed E-state index contributed by atoms with van der Waals surface area (Å²) in [6.45, 7) is 6.00. The summed E-state index contributed by atoms with van der Waals surface area (Å²) in [6.07, 6.45) is 1.86. The zero-order chi connectivity index (χ0) is 7.07. The molecule has 0 amide bonds. The van der Waals surface area contributed by atoms with Crippen LogP contribution in [0, 0.1) is 11.8 Å². The zero-order valence-corrected chi connectivity index (χ0v) is 6.45. The molecule has 0 saturated heterocycles. The van der Waals surface area contributed by atoms with Crippen LogP contribution in [0.1, 0.15) is 33.6 Å². The van der Waals surface area contributed by atoms with Crippen LogP contribution in [0.5, 0.6) is 0 Å². The molecule has 1 fully saturated rings. The Balaban J connectivity index is 2.20. The van der Waals surface area contributed by atoms with Crippen LogP contribution in [-0.2, 0) is 0 Å². The molecule has 2 atom stereocenters. The van der Waals surface area contributed by atoms with Crippen LogP contribution in [0.2, 0.25) is 0 Å². The minimum atomic E-state index is -0.801. The highest BCUT2D eigenvalue weighted by Gasteiger charge is 2.50. The summed E-state index contributed by atoms with van der Waals surface area (Å²) in [5, 5.41) is 0. The maximum absolute atomic E-state index is 12.8. The molecule has 0 spiro atoms. The third-order valence-corrected chi connectivity index (χ3v) is 2.09. The van der Waals surface area contributed by atoms with Gasteiger partial charge >= 0.3 is 0 Å². The van der Waals surface area contributed by atoms with Crippen molar-refractivity contribution in [2.75, 3.05) is 0 Å². The highest BCUT2D eigenvalue weighted by atomic mass is 19.1. The van der Waals surface area contributed by atoms with Gasteiger partial charge in [0.05, 0.1) is 0 Å². The SMILES string of the molecule is CC(C)CC1CC1(C)F. The van der Waals surface area contributed by atoms with Gasteiger partial charge in [0.25, 0.3) is 0 Å². The monoisotopic (exact) mass is 130 g/mol. The van der Waals surface area contributed by atoms with E-state index in [4.69, 9.17) is 0 Å². The topological polar surface area (TPSA) is 0 Å². The summed E-state index contributed by atoms with van der Waals surface area (Å²) in [5.74, 6) is 1.03. The molecule has 1 rings (SSSR count). The quantitative estimate of drug-likeness (QED) is 0.539. The molecule has 1 heteroatoms. The van der Waals surface area contributed by atoms with Gasteiger partial charge in [-0.1, -0.05) is 13.8 Å². The third kappa shape index (κ3) is 1.67. The molecule has 2 unspecified atom stereocenters. The zero-order valence-electron chi connectivity index (χ0n) is 6.45. The first-order chi connectivity index (χ1) is 4.02. The average Bonchev–Trinajstić information content (AvgIpc) is 2.10. The fraction of sp³-hybridized carbons (Fsp3) is 1.00. The first-order valence-corrected chi connectivity index (χ1v) is 3.71. The molecule has 0 aliphatic heterocycles. The Hall–Kier alpha value is -0.0700. The second-order valence-electron chi connectivity index (χ2n) is 3.81. The van der Waals surface area contributed by atoms with Crippen molar-refractivity contribution < 1.29 is 4.39 Å². The van der Waals surface area contributed by atoms with Crippen LogP contribution in [0.25, 0.3) is 0 Å². The Morgan fingerprint density at radius 1 is 1.67 bits per heavy atom. The van der Waals surface area contributed by atoms with Crippen LogP contribution in [0.3, 0.4) is 0 Å². The summed E-state index contributed by atoms with van der Waals surface area (Å²) in [4.78, 5) is 0. The van der Waals surface area contributed by atoms with Crippen LogP contribution < -0.4 is 0 Å². The Bertz CT molecular complexity index is 105. The van der Waals surface area contributed by atoms with E-state index in [1.165, 1.54) is 0 Å². The minimum Gasteiger partial charge on any atom is -0.244 e. The summed E-state index contributed by atoms with van der Waals surface area (Å²) in [6, 6.07) is 0. The molecule has 0 aromatic rings. The van der Waals surface area contributed by atoms with E-state index in [9.17, 15) is 4.39 Å². The van der Waals surface area contributed by atoms with Gasteiger partial charge in [0, 0.05) is 0 Å². The van der Waals surface area contributed by atoms with E-state index >= 15 is 0 Å². The van der Waals surface area contributed by atoms with Crippen molar-refractivity contribution in [1.29, 1.82) is 0 Å². The van der Waals surface area contributed by atoms with Crippen molar-refractivity contribution in [1.82, 2.24) is 0 Å². The van der Waals surface area contributed by atoms with Gasteiger partial charge in [0.1, 0.15) is 5.67 Å². The van der Waals surface area contributed by atoms with E-state index in [1.54, 1.807) is 6.92 Å². The van der Waals surface area contributed by atoms with Crippen LogP contribution in [-0.4, -0.2) is 5.67 Å². The van der Waals surface area contributed by atoms with Crippen molar-refractivity contribution >= 4 is 0 Å². The Morgan fingerprint density at radius 3 is 2.22 bits per heavy atom. The van der Waals surface area contributed by atoms with Gasteiger partial charge in [-0.15, -0.1) is 0 Å². The van der Waals surface area contributed by atoms with Crippen molar-refractivity contribution in [3.8, 4) is 0 Å². The molecule has 9 heavy (non-hydrogen) atoms. The second kappa shape index (κ2) is 1.96. The van der Waals surface area contributed by atoms with E-state index < -0.39 is 5.67 Å². The summed E-state index contributed by atoms with van der Waals surface area (Å²) < 4.78 is 12.8. The number of hydrogen-bond donors (Lipinski definition) is 0. The molecule has 0 bridgehead atoms. The minimum absolute atomic E-state index is 0.373. The fourth-order valence-electron chi connectivity index (χ4n) is 1.32. The van der Waals surface area contributed by atoms with Crippen molar-refractivity contribution in [2.45, 2.75) is 39.3 Å². The second-order valence-corrected chi connectivity index (χ2v) is 3.81. The molecule has 54 valence electrons. The molecule has 0 aromatic carbocycles. The average molecular weight is 130 g/mol. The van der Waals surface area contributed by atoms with Crippen LogP contribution in [0.15, 0.2) is 0 Å². The maximum atomic E-state index is 12.8. The van der Waals surface area contributed by atoms with Crippen molar-refractivity contribution in [3.05, 3.63) is 0 Å². The molecule has 0 radical (unpaired) electrons. The Kier molecular flexibility index (Phi) is 1.54. The number of hydrogen-bond acceptors (Lipinski definition) is 0. The predicted molar refractivity (Wildman–Crippen MR) is 37.1 cm³/mol. The van der Waals surface area contributed by atoms with E-state index in [0.29, 0.717) is 11.8 Å². The lowest BCUT2D eigenvalue weighted by Crippen LogP contribution is -1.98. The van der Waals surface area contributed by atoms with E-state index in [1.807, 2.05) is 0 Å². The molecule has 1 aliphatic rings. The predicted octanol–water partition coefficient (Wildman–Crippen LogP) is 2.78. The van der Waals surface area contributed by atoms with Gasteiger partial charge in [-0.2, -0.15) is 0 Å². The molecule has 1 saturated carbocycles. The Labute approximate surface area is 56.5 Å². The molecular weight excluding hydrogens is 115 g/mol. The lowest BCUT2D eigenvalue weighted by Gasteiger charge is -2.02. The molecule has 0 nitrogen and oxygen atoms in total. The smallest absolute Gasteiger partial charge is 0.111 e. The first kappa shape index (κ1) is 7.04. The molecule has 0 N–H and O–H groups in total. The fourth-order valence-corrected chi connectivity index (χ4v) is 1.32. The number of alkyl halides is 1. The summed E-state index contributed by atoms with van der Waals surface area (Å²) >= 11 is 0. The molecular formula is C8H15F. The molecule has 0 aromatic heterocycles. The van der Waals surface area contributed by atoms with E-state index in [2.05, 4.69) is 13.8 Å². The normalized spacial score (nSPS) is 41.7. The van der Waals surface area contributed by atoms with Gasteiger partial charge in [0.2, 0.25) is 0 Å². The molecule has 0 heterocycles. The number of rotatable bonds is 2. The Morgan fingerprint density at radius 2 is 2.11 bits per heavy atom. The highest BCUT2D eigenvalue weighted by molar-refractivity contribution is 5.00. The molecule has 1 aliphatic carbocycles. The van der Waals surface area contributed by atoms with Crippen molar-refractivity contribution in [3.63, 3.8) is 0 Å². The standard InChI is InChI=1S/C8H15F/c1-6(2)4-7-5-8(7,3)9/h6-7H,4-5H2,1-3H3.